The lowest BCUT2D eigenvalue weighted by Gasteiger charge is -2.22. The van der Waals surface area contributed by atoms with E-state index >= 15 is 0 Å². The zero-order valence-electron chi connectivity index (χ0n) is 12.0. The van der Waals surface area contributed by atoms with Crippen LogP contribution >= 0.6 is 0 Å². The van der Waals surface area contributed by atoms with Gasteiger partial charge in [-0.25, -0.2) is 0 Å². The molecule has 1 aliphatic heterocycles. The molecule has 1 aromatic carbocycles. The average molecular weight is 288 g/mol. The Bertz CT molecular complexity index is 653. The van der Waals surface area contributed by atoms with Crippen LogP contribution in [0, 0.1) is 5.92 Å². The van der Waals surface area contributed by atoms with Gasteiger partial charge in [-0.05, 0) is 36.5 Å². The summed E-state index contributed by atoms with van der Waals surface area (Å²) in [5.74, 6) is 2.19. The zero-order chi connectivity index (χ0) is 15.0. The minimum atomic E-state index is -0.274. The molecule has 0 bridgehead atoms. The van der Waals surface area contributed by atoms with Crippen LogP contribution in [0.25, 0.3) is 0 Å². The standard InChI is InChI=1S/C15H20N4O2/c1-9-4-5-19-14(6-9)17-18-15(19)11(16)7-10-2-3-12(20)13(21)8-10/h2-3,8-9,11,20-21H,4-7,16H2,1H3. The van der Waals surface area contributed by atoms with Gasteiger partial charge >= 0.3 is 0 Å². The lowest BCUT2D eigenvalue weighted by molar-refractivity contribution is 0.396. The first-order valence-electron chi connectivity index (χ1n) is 7.23. The summed E-state index contributed by atoms with van der Waals surface area (Å²) in [5, 5.41) is 27.4. The van der Waals surface area contributed by atoms with E-state index in [4.69, 9.17) is 5.73 Å². The highest BCUT2D eigenvalue weighted by atomic mass is 16.3. The van der Waals surface area contributed by atoms with Crippen LogP contribution in [0.5, 0.6) is 11.5 Å². The molecule has 0 amide bonds. The Labute approximate surface area is 123 Å². The highest BCUT2D eigenvalue weighted by Gasteiger charge is 2.23. The van der Waals surface area contributed by atoms with Crippen molar-refractivity contribution in [3.8, 4) is 11.5 Å². The number of phenolic OH excluding ortho intramolecular Hbond substituents is 2. The predicted molar refractivity (Wildman–Crippen MR) is 77.9 cm³/mol. The molecule has 0 radical (unpaired) electrons. The van der Waals surface area contributed by atoms with Crippen LogP contribution in [-0.4, -0.2) is 25.0 Å². The number of benzene rings is 1. The van der Waals surface area contributed by atoms with Gasteiger partial charge in [0.2, 0.25) is 0 Å². The first-order chi connectivity index (χ1) is 10.0. The Morgan fingerprint density at radius 1 is 1.33 bits per heavy atom. The lowest BCUT2D eigenvalue weighted by Crippen LogP contribution is -2.24. The van der Waals surface area contributed by atoms with Crippen molar-refractivity contribution in [3.63, 3.8) is 0 Å². The maximum absolute atomic E-state index is 9.54. The summed E-state index contributed by atoms with van der Waals surface area (Å²) in [6.45, 7) is 3.13. The van der Waals surface area contributed by atoms with E-state index in [0.29, 0.717) is 12.3 Å². The molecule has 0 spiro atoms. The maximum Gasteiger partial charge on any atom is 0.157 e. The third-order valence-electron chi connectivity index (χ3n) is 4.06. The second kappa shape index (κ2) is 5.37. The molecule has 112 valence electrons. The Hall–Kier alpha value is -2.08. The van der Waals surface area contributed by atoms with Crippen molar-refractivity contribution in [3.05, 3.63) is 35.4 Å². The molecule has 21 heavy (non-hydrogen) atoms. The fraction of sp³-hybridized carbons (Fsp3) is 0.467. The molecule has 0 aliphatic carbocycles. The molecule has 2 aromatic rings. The summed E-state index contributed by atoms with van der Waals surface area (Å²) in [6.07, 6.45) is 2.60. The monoisotopic (exact) mass is 288 g/mol. The normalized spacial score (nSPS) is 19.2. The molecule has 0 saturated carbocycles. The van der Waals surface area contributed by atoms with Gasteiger partial charge in [0.15, 0.2) is 11.5 Å². The third-order valence-corrected chi connectivity index (χ3v) is 4.06. The van der Waals surface area contributed by atoms with Crippen LogP contribution < -0.4 is 5.73 Å². The number of aromatic hydroxyl groups is 2. The van der Waals surface area contributed by atoms with E-state index in [2.05, 4.69) is 21.7 Å². The molecule has 6 nitrogen and oxygen atoms in total. The Balaban J connectivity index is 1.79. The van der Waals surface area contributed by atoms with Gasteiger partial charge in [0.25, 0.3) is 0 Å². The summed E-state index contributed by atoms with van der Waals surface area (Å²) in [4.78, 5) is 0. The molecule has 1 aliphatic rings. The molecule has 2 unspecified atom stereocenters. The molecule has 6 heteroatoms. The van der Waals surface area contributed by atoms with E-state index in [1.54, 1.807) is 6.07 Å². The molecular weight excluding hydrogens is 268 g/mol. The molecule has 2 heterocycles. The summed E-state index contributed by atoms with van der Waals surface area (Å²) in [5.41, 5.74) is 7.11. The van der Waals surface area contributed by atoms with E-state index in [1.807, 2.05) is 0 Å². The summed E-state index contributed by atoms with van der Waals surface area (Å²) in [6, 6.07) is 4.48. The van der Waals surface area contributed by atoms with E-state index in [-0.39, 0.29) is 17.5 Å². The minimum Gasteiger partial charge on any atom is -0.504 e. The molecule has 1 aromatic heterocycles. The van der Waals surface area contributed by atoms with E-state index in [1.165, 1.54) is 12.1 Å². The first-order valence-corrected chi connectivity index (χ1v) is 7.23. The van der Waals surface area contributed by atoms with Gasteiger partial charge in [0, 0.05) is 13.0 Å². The molecule has 2 atom stereocenters. The predicted octanol–water partition coefficient (Wildman–Crippen LogP) is 1.51. The first kappa shape index (κ1) is 13.9. The van der Waals surface area contributed by atoms with Crippen LogP contribution in [0.2, 0.25) is 0 Å². The van der Waals surface area contributed by atoms with Crippen molar-refractivity contribution in [2.24, 2.45) is 11.7 Å². The summed E-state index contributed by atoms with van der Waals surface area (Å²) >= 11 is 0. The number of hydrogen-bond acceptors (Lipinski definition) is 5. The minimum absolute atomic E-state index is 0.124. The topological polar surface area (TPSA) is 97.2 Å². The van der Waals surface area contributed by atoms with E-state index < -0.39 is 0 Å². The second-order valence-corrected chi connectivity index (χ2v) is 5.86. The quantitative estimate of drug-likeness (QED) is 0.744. The number of rotatable bonds is 3. The van der Waals surface area contributed by atoms with Crippen molar-refractivity contribution >= 4 is 0 Å². The van der Waals surface area contributed by atoms with Gasteiger partial charge < -0.3 is 20.5 Å². The number of hydrogen-bond donors (Lipinski definition) is 3. The second-order valence-electron chi connectivity index (χ2n) is 5.86. The molecule has 0 fully saturated rings. The van der Waals surface area contributed by atoms with Gasteiger partial charge in [0.1, 0.15) is 11.6 Å². The molecule has 3 rings (SSSR count). The van der Waals surface area contributed by atoms with Crippen LogP contribution in [0.1, 0.15) is 36.6 Å². The van der Waals surface area contributed by atoms with Crippen molar-refractivity contribution in [1.82, 2.24) is 14.8 Å². The average Bonchev–Trinajstić information content (AvgIpc) is 2.85. The molecule has 0 saturated heterocycles. The lowest BCUT2D eigenvalue weighted by atomic mass is 9.99. The Morgan fingerprint density at radius 2 is 2.14 bits per heavy atom. The van der Waals surface area contributed by atoms with E-state index in [9.17, 15) is 10.2 Å². The highest BCUT2D eigenvalue weighted by Crippen LogP contribution is 2.28. The smallest absolute Gasteiger partial charge is 0.157 e. The summed E-state index contributed by atoms with van der Waals surface area (Å²) in [7, 11) is 0. The maximum atomic E-state index is 9.54. The number of nitrogens with two attached hydrogens (primary N) is 1. The van der Waals surface area contributed by atoms with E-state index in [0.717, 1.165) is 36.6 Å². The van der Waals surface area contributed by atoms with Crippen molar-refractivity contribution in [2.45, 2.75) is 38.8 Å². The largest absolute Gasteiger partial charge is 0.504 e. The SMILES string of the molecule is CC1CCn2c(nnc2C(N)Cc2ccc(O)c(O)c2)C1. The van der Waals surface area contributed by atoms with Gasteiger partial charge in [-0.15, -0.1) is 10.2 Å². The zero-order valence-corrected chi connectivity index (χ0v) is 12.0. The number of aromatic nitrogens is 3. The fourth-order valence-electron chi connectivity index (χ4n) is 2.82. The number of phenols is 2. The van der Waals surface area contributed by atoms with Gasteiger partial charge in [-0.3, -0.25) is 0 Å². The third kappa shape index (κ3) is 2.71. The van der Waals surface area contributed by atoms with Gasteiger partial charge in [-0.2, -0.15) is 0 Å². The highest BCUT2D eigenvalue weighted by molar-refractivity contribution is 5.40. The van der Waals surface area contributed by atoms with Crippen LogP contribution in [-0.2, 0) is 19.4 Å². The van der Waals surface area contributed by atoms with Gasteiger partial charge in [-0.1, -0.05) is 13.0 Å². The van der Waals surface area contributed by atoms with Crippen molar-refractivity contribution in [1.29, 1.82) is 0 Å². The molecule has 4 N–H and O–H groups in total. The fourth-order valence-corrected chi connectivity index (χ4v) is 2.82. The Morgan fingerprint density at radius 3 is 2.90 bits per heavy atom. The number of fused-ring (bicyclic) bond motifs is 1. The molecular formula is C15H20N4O2. The van der Waals surface area contributed by atoms with Crippen LogP contribution in [0.3, 0.4) is 0 Å². The summed E-state index contributed by atoms with van der Waals surface area (Å²) < 4.78 is 2.12. The van der Waals surface area contributed by atoms with Gasteiger partial charge in [0.05, 0.1) is 6.04 Å². The van der Waals surface area contributed by atoms with Crippen LogP contribution in [0.4, 0.5) is 0 Å². The number of nitrogens with zero attached hydrogens (tertiary/aromatic N) is 3. The van der Waals surface area contributed by atoms with Crippen molar-refractivity contribution in [2.75, 3.05) is 0 Å². The Kier molecular flexibility index (Phi) is 3.55. The van der Waals surface area contributed by atoms with Crippen LogP contribution in [0.15, 0.2) is 18.2 Å². The van der Waals surface area contributed by atoms with Crippen molar-refractivity contribution < 1.29 is 10.2 Å².